The van der Waals surface area contributed by atoms with E-state index in [2.05, 4.69) is 28.7 Å². The molecule has 2 fully saturated rings. The van der Waals surface area contributed by atoms with Crippen LogP contribution in [-0.4, -0.2) is 40.7 Å². The van der Waals surface area contributed by atoms with Crippen molar-refractivity contribution in [3.8, 4) is 5.75 Å². The molecule has 2 heterocycles. The molecule has 1 aliphatic carbocycles. The second kappa shape index (κ2) is 6.81. The van der Waals surface area contributed by atoms with Crippen molar-refractivity contribution in [3.63, 3.8) is 0 Å². The maximum Gasteiger partial charge on any atom is 0.134 e. The molecular weight excluding hydrogens is 342 g/mol. The zero-order chi connectivity index (χ0) is 19.0. The predicted octanol–water partition coefficient (Wildman–Crippen LogP) is 2.98. The zero-order valence-corrected chi connectivity index (χ0v) is 15.7. The van der Waals surface area contributed by atoms with E-state index in [1.165, 1.54) is 6.33 Å². The van der Waals surface area contributed by atoms with Crippen molar-refractivity contribution in [3.05, 3.63) is 41.9 Å². The van der Waals surface area contributed by atoms with Crippen LogP contribution in [0, 0.1) is 5.41 Å². The molecule has 1 aliphatic heterocycles. The first-order valence-corrected chi connectivity index (χ1v) is 9.34. The van der Waals surface area contributed by atoms with Gasteiger partial charge in [-0.3, -0.25) is 5.41 Å². The standard InChI is InChI=1S/C20H25N5O2/c1-3-13-10-25(12-26-13)18-9-17(23-11-24-18)19(22)15-8-14(4-5-16(15)21)27-20(2)6-7-20/h4-5,8-9,11,13,22H,3,6-7,10,12,21H2,1-2H3. The first kappa shape index (κ1) is 17.7. The van der Waals surface area contributed by atoms with Gasteiger partial charge in [0.1, 0.15) is 30.2 Å². The third kappa shape index (κ3) is 3.73. The smallest absolute Gasteiger partial charge is 0.134 e. The molecule has 1 atom stereocenters. The molecule has 1 unspecified atom stereocenters. The van der Waals surface area contributed by atoms with Gasteiger partial charge in [0.05, 0.1) is 17.5 Å². The lowest BCUT2D eigenvalue weighted by Gasteiger charge is -2.17. The van der Waals surface area contributed by atoms with Crippen LogP contribution in [0.3, 0.4) is 0 Å². The number of rotatable bonds is 6. The summed E-state index contributed by atoms with van der Waals surface area (Å²) in [6.07, 6.45) is 4.77. The second-order valence-electron chi connectivity index (χ2n) is 7.49. The molecule has 27 heavy (non-hydrogen) atoms. The van der Waals surface area contributed by atoms with E-state index >= 15 is 0 Å². The number of anilines is 2. The highest BCUT2D eigenvalue weighted by molar-refractivity contribution is 6.13. The minimum Gasteiger partial charge on any atom is -0.488 e. The quantitative estimate of drug-likeness (QED) is 0.602. The average Bonchev–Trinajstić information content (AvgIpc) is 3.21. The molecule has 3 N–H and O–H groups in total. The Morgan fingerprint density at radius 3 is 2.89 bits per heavy atom. The minimum absolute atomic E-state index is 0.0801. The summed E-state index contributed by atoms with van der Waals surface area (Å²) in [6.45, 7) is 5.50. The van der Waals surface area contributed by atoms with Crippen LogP contribution in [-0.2, 0) is 4.74 Å². The number of ether oxygens (including phenoxy) is 2. The van der Waals surface area contributed by atoms with E-state index in [9.17, 15) is 0 Å². The summed E-state index contributed by atoms with van der Waals surface area (Å²) in [4.78, 5) is 10.7. The maximum absolute atomic E-state index is 8.62. The lowest BCUT2D eigenvalue weighted by atomic mass is 10.0. The largest absolute Gasteiger partial charge is 0.488 e. The van der Waals surface area contributed by atoms with E-state index < -0.39 is 0 Å². The molecule has 1 saturated heterocycles. The molecule has 1 aromatic heterocycles. The van der Waals surface area contributed by atoms with Crippen molar-refractivity contribution >= 4 is 17.2 Å². The van der Waals surface area contributed by atoms with Gasteiger partial charge in [0.2, 0.25) is 0 Å². The van der Waals surface area contributed by atoms with Gasteiger partial charge in [-0.05, 0) is 44.4 Å². The van der Waals surface area contributed by atoms with E-state index in [1.807, 2.05) is 18.2 Å². The Hall–Kier alpha value is -2.67. The number of nitrogens with zero attached hydrogens (tertiary/aromatic N) is 3. The maximum atomic E-state index is 8.62. The number of nitrogen functional groups attached to an aromatic ring is 1. The Kier molecular flexibility index (Phi) is 4.47. The number of nitrogens with one attached hydrogen (secondary N) is 1. The minimum atomic E-state index is -0.0801. The van der Waals surface area contributed by atoms with Crippen molar-refractivity contribution in [2.75, 3.05) is 23.9 Å². The fourth-order valence-corrected chi connectivity index (χ4v) is 3.13. The number of aromatic nitrogens is 2. The molecule has 4 rings (SSSR count). The van der Waals surface area contributed by atoms with Crippen LogP contribution in [0.4, 0.5) is 11.5 Å². The van der Waals surface area contributed by atoms with Crippen LogP contribution >= 0.6 is 0 Å². The summed E-state index contributed by atoms with van der Waals surface area (Å²) in [7, 11) is 0. The summed E-state index contributed by atoms with van der Waals surface area (Å²) < 4.78 is 11.7. The van der Waals surface area contributed by atoms with Gasteiger partial charge in [0.15, 0.2) is 0 Å². The molecule has 2 aliphatic rings. The van der Waals surface area contributed by atoms with Gasteiger partial charge in [-0.1, -0.05) is 6.92 Å². The van der Waals surface area contributed by atoms with Crippen LogP contribution in [0.2, 0.25) is 0 Å². The van der Waals surface area contributed by atoms with Gasteiger partial charge < -0.3 is 20.1 Å². The zero-order valence-electron chi connectivity index (χ0n) is 15.7. The molecule has 1 saturated carbocycles. The molecule has 0 radical (unpaired) electrons. The molecule has 2 aromatic rings. The fraction of sp³-hybridized carbons (Fsp3) is 0.450. The van der Waals surface area contributed by atoms with Crippen molar-refractivity contribution in [2.24, 2.45) is 0 Å². The molecule has 1 aromatic carbocycles. The third-order valence-corrected chi connectivity index (χ3v) is 5.19. The summed E-state index contributed by atoms with van der Waals surface area (Å²) in [5.41, 5.74) is 7.99. The second-order valence-corrected chi connectivity index (χ2v) is 7.49. The summed E-state index contributed by atoms with van der Waals surface area (Å²) in [5.74, 6) is 1.49. The van der Waals surface area contributed by atoms with Gasteiger partial charge in [-0.2, -0.15) is 0 Å². The highest BCUT2D eigenvalue weighted by Gasteiger charge is 2.40. The van der Waals surface area contributed by atoms with Gasteiger partial charge in [0.25, 0.3) is 0 Å². The highest BCUT2D eigenvalue weighted by Crippen LogP contribution is 2.40. The van der Waals surface area contributed by atoms with Crippen molar-refractivity contribution in [2.45, 2.75) is 44.8 Å². The average molecular weight is 367 g/mol. The number of hydrogen-bond donors (Lipinski definition) is 2. The Morgan fingerprint density at radius 1 is 1.37 bits per heavy atom. The number of nitrogens with two attached hydrogens (primary N) is 1. The van der Waals surface area contributed by atoms with E-state index in [4.69, 9.17) is 20.6 Å². The first-order valence-electron chi connectivity index (χ1n) is 9.34. The highest BCUT2D eigenvalue weighted by atomic mass is 16.5. The number of hydrogen-bond acceptors (Lipinski definition) is 7. The SMILES string of the molecule is CCC1CN(c2cc(C(=N)c3cc(OC4(C)CC4)ccc3N)ncn2)CO1. The van der Waals surface area contributed by atoms with Gasteiger partial charge in [0, 0.05) is 23.9 Å². The van der Waals surface area contributed by atoms with Crippen LogP contribution in [0.5, 0.6) is 5.75 Å². The Balaban J connectivity index is 1.57. The lowest BCUT2D eigenvalue weighted by molar-refractivity contribution is 0.113. The Bertz CT molecular complexity index is 865. The van der Waals surface area contributed by atoms with Gasteiger partial charge in [-0.25, -0.2) is 9.97 Å². The molecular formula is C20H25N5O2. The predicted molar refractivity (Wildman–Crippen MR) is 104 cm³/mol. The first-order chi connectivity index (χ1) is 13.0. The Morgan fingerprint density at radius 2 is 2.19 bits per heavy atom. The van der Waals surface area contributed by atoms with Crippen molar-refractivity contribution in [1.82, 2.24) is 9.97 Å². The van der Waals surface area contributed by atoms with E-state index in [0.717, 1.165) is 37.4 Å². The summed E-state index contributed by atoms with van der Waals surface area (Å²) in [5, 5.41) is 8.62. The summed E-state index contributed by atoms with van der Waals surface area (Å²) >= 11 is 0. The van der Waals surface area contributed by atoms with Crippen LogP contribution in [0.25, 0.3) is 0 Å². The van der Waals surface area contributed by atoms with Crippen molar-refractivity contribution < 1.29 is 9.47 Å². The van der Waals surface area contributed by atoms with Crippen molar-refractivity contribution in [1.29, 1.82) is 5.41 Å². The van der Waals surface area contributed by atoms with Gasteiger partial charge in [-0.15, -0.1) is 0 Å². The molecule has 0 amide bonds. The van der Waals surface area contributed by atoms with Crippen LogP contribution in [0.1, 0.15) is 44.4 Å². The topological polar surface area (TPSA) is 97.4 Å². The molecule has 0 bridgehead atoms. The van der Waals surface area contributed by atoms with Crippen LogP contribution in [0.15, 0.2) is 30.6 Å². The van der Waals surface area contributed by atoms with Gasteiger partial charge >= 0.3 is 0 Å². The number of benzene rings is 1. The Labute approximate surface area is 159 Å². The fourth-order valence-electron chi connectivity index (χ4n) is 3.13. The molecule has 7 heteroatoms. The molecule has 142 valence electrons. The third-order valence-electron chi connectivity index (χ3n) is 5.19. The molecule has 0 spiro atoms. The summed E-state index contributed by atoms with van der Waals surface area (Å²) in [6, 6.07) is 7.29. The van der Waals surface area contributed by atoms with E-state index in [0.29, 0.717) is 23.7 Å². The van der Waals surface area contributed by atoms with E-state index in [-0.39, 0.29) is 17.4 Å². The lowest BCUT2D eigenvalue weighted by Crippen LogP contribution is -2.23. The van der Waals surface area contributed by atoms with E-state index in [1.54, 1.807) is 6.07 Å². The van der Waals surface area contributed by atoms with Crippen LogP contribution < -0.4 is 15.4 Å². The monoisotopic (exact) mass is 367 g/mol. The molecule has 7 nitrogen and oxygen atoms in total. The normalized spacial score (nSPS) is 20.5.